The van der Waals surface area contributed by atoms with Gasteiger partial charge in [0.2, 0.25) is 5.91 Å². The number of ether oxygens (including phenoxy) is 1. The van der Waals surface area contributed by atoms with E-state index in [0.717, 1.165) is 10.5 Å². The molecule has 0 saturated heterocycles. The Morgan fingerprint density at radius 1 is 0.979 bits per heavy atom. The molecule has 254 valence electrons. The van der Waals surface area contributed by atoms with Gasteiger partial charge in [-0.15, -0.1) is 0 Å². The molecule has 48 heavy (non-hydrogen) atoms. The van der Waals surface area contributed by atoms with Crippen LogP contribution in [0.5, 0.6) is 0 Å². The average molecular weight is 676 g/mol. The first-order valence-corrected chi connectivity index (χ1v) is 14.8. The summed E-state index contributed by atoms with van der Waals surface area (Å²) in [5.74, 6) is -1.77. The first-order valence-electron chi connectivity index (χ1n) is 14.8. The highest BCUT2D eigenvalue weighted by atomic mass is 19.4. The average Bonchev–Trinajstić information content (AvgIpc) is 3.02. The van der Waals surface area contributed by atoms with Crippen molar-refractivity contribution in [1.29, 1.82) is 5.26 Å². The minimum absolute atomic E-state index is 0.0166. The number of halogens is 7. The van der Waals surface area contributed by atoms with Crippen LogP contribution in [0.25, 0.3) is 16.7 Å². The van der Waals surface area contributed by atoms with Gasteiger partial charge in [-0.1, -0.05) is 12.1 Å². The zero-order valence-corrected chi connectivity index (χ0v) is 26.7. The van der Waals surface area contributed by atoms with E-state index < -0.39 is 46.2 Å². The van der Waals surface area contributed by atoms with Gasteiger partial charge in [0.05, 0.1) is 35.0 Å². The lowest BCUT2D eigenvalue weighted by Gasteiger charge is -2.32. The van der Waals surface area contributed by atoms with Crippen molar-refractivity contribution in [2.24, 2.45) is 5.92 Å². The normalized spacial score (nSPS) is 15.4. The van der Waals surface area contributed by atoms with Crippen LogP contribution >= 0.6 is 0 Å². The third kappa shape index (κ3) is 7.53. The largest absolute Gasteiger partial charge is 0.469 e. The van der Waals surface area contributed by atoms with E-state index in [-0.39, 0.29) is 41.3 Å². The van der Waals surface area contributed by atoms with Gasteiger partial charge in [-0.05, 0) is 105 Å². The van der Waals surface area contributed by atoms with Gasteiger partial charge in [0.25, 0.3) is 0 Å². The number of carbonyl (C=O) groups is 2. The number of carbonyl (C=O) groups excluding carboxylic acids is 2. The van der Waals surface area contributed by atoms with Gasteiger partial charge in [-0.3, -0.25) is 9.59 Å². The van der Waals surface area contributed by atoms with Gasteiger partial charge in [-0.25, -0.2) is 9.37 Å². The number of alkyl halides is 6. The number of methoxy groups -OCH3 is 1. The highest BCUT2D eigenvalue weighted by Crippen LogP contribution is 2.43. The predicted molar refractivity (Wildman–Crippen MR) is 164 cm³/mol. The van der Waals surface area contributed by atoms with Crippen molar-refractivity contribution in [1.82, 2.24) is 4.98 Å². The highest BCUT2D eigenvalue weighted by Gasteiger charge is 2.42. The summed E-state index contributed by atoms with van der Waals surface area (Å²) in [4.78, 5) is 31.4. The zero-order valence-electron chi connectivity index (χ0n) is 26.7. The second-order valence-electron chi connectivity index (χ2n) is 12.3. The molecule has 0 radical (unpaired) electrons. The number of aromatic nitrogens is 1. The summed E-state index contributed by atoms with van der Waals surface area (Å²) in [5.41, 5.74) is -3.67. The van der Waals surface area contributed by atoms with Gasteiger partial charge in [0.15, 0.2) is 5.69 Å². The number of pyridine rings is 1. The minimum atomic E-state index is -5.13. The third-order valence-electron chi connectivity index (χ3n) is 8.59. The number of rotatable bonds is 7. The Labute approximate surface area is 272 Å². The molecular weight excluding hydrogens is 643 g/mol. The van der Waals surface area contributed by atoms with E-state index in [1.807, 2.05) is 12.1 Å². The van der Waals surface area contributed by atoms with Crippen LogP contribution in [0.2, 0.25) is 0 Å². The molecule has 1 aliphatic rings. The van der Waals surface area contributed by atoms with Crippen molar-refractivity contribution in [3.8, 4) is 17.2 Å². The quantitative estimate of drug-likeness (QED) is 0.185. The molecule has 1 aromatic heterocycles. The number of hydrogen-bond donors (Lipinski definition) is 0. The number of hydrogen-bond acceptors (Lipinski definition) is 5. The SMILES string of the molecule is COC(=O)CC1CC=C(c2cc(-c3ccc(F)cc3C)c(N(C)C(=O)C(C)(C)c3cc(C(F)(F)F)cc(C(F)(F)F)c3)c(C#N)n2)CC1. The number of anilines is 1. The molecule has 0 fully saturated rings. The maximum atomic E-state index is 14.2. The Kier molecular flexibility index (Phi) is 10.1. The Balaban J connectivity index is 1.87. The number of nitrogens with zero attached hydrogens (tertiary/aromatic N) is 3. The maximum Gasteiger partial charge on any atom is 0.416 e. The molecule has 6 nitrogen and oxygen atoms in total. The summed E-state index contributed by atoms with van der Waals surface area (Å²) < 4.78 is 101. The molecule has 0 bridgehead atoms. The maximum absolute atomic E-state index is 14.2. The highest BCUT2D eigenvalue weighted by molar-refractivity contribution is 6.04. The number of likely N-dealkylation sites (N-methyl/N-ethyl adjacent to an activating group) is 1. The Bertz CT molecular complexity index is 1790. The molecule has 0 aliphatic heterocycles. The topological polar surface area (TPSA) is 83.3 Å². The van der Waals surface area contributed by atoms with E-state index in [4.69, 9.17) is 4.74 Å². The first kappa shape index (κ1) is 36.1. The summed E-state index contributed by atoms with van der Waals surface area (Å²) in [6.45, 7) is 3.99. The van der Waals surface area contributed by atoms with Gasteiger partial charge in [0, 0.05) is 19.0 Å². The van der Waals surface area contributed by atoms with E-state index in [2.05, 4.69) is 4.98 Å². The lowest BCUT2D eigenvalue weighted by molar-refractivity contribution is -0.144. The van der Waals surface area contributed by atoms with Gasteiger partial charge in [-0.2, -0.15) is 31.6 Å². The van der Waals surface area contributed by atoms with E-state index in [1.54, 1.807) is 13.0 Å². The van der Waals surface area contributed by atoms with Gasteiger partial charge < -0.3 is 9.64 Å². The number of benzene rings is 2. The fourth-order valence-electron chi connectivity index (χ4n) is 5.84. The number of nitriles is 1. The zero-order chi connectivity index (χ0) is 35.8. The molecular formula is C35H32F7N3O3. The minimum Gasteiger partial charge on any atom is -0.469 e. The van der Waals surface area contributed by atoms with Crippen LogP contribution in [0.4, 0.5) is 36.4 Å². The number of allylic oxidation sites excluding steroid dienone is 2. The summed E-state index contributed by atoms with van der Waals surface area (Å²) >= 11 is 0. The Morgan fingerprint density at radius 3 is 2.08 bits per heavy atom. The van der Waals surface area contributed by atoms with Crippen molar-refractivity contribution in [3.63, 3.8) is 0 Å². The fraction of sp³-hybridized carbons (Fsp3) is 0.371. The van der Waals surface area contributed by atoms with E-state index in [1.165, 1.54) is 46.2 Å². The molecule has 3 aromatic rings. The van der Waals surface area contributed by atoms with Crippen molar-refractivity contribution in [2.45, 2.75) is 64.2 Å². The second-order valence-corrected chi connectivity index (χ2v) is 12.3. The van der Waals surface area contributed by atoms with Gasteiger partial charge >= 0.3 is 18.3 Å². The fourth-order valence-corrected chi connectivity index (χ4v) is 5.84. The van der Waals surface area contributed by atoms with Crippen LogP contribution in [0, 0.1) is 30.0 Å². The van der Waals surface area contributed by atoms with Crippen molar-refractivity contribution in [3.05, 3.63) is 88.0 Å². The van der Waals surface area contributed by atoms with E-state index >= 15 is 0 Å². The number of aryl methyl sites for hydroxylation is 1. The molecule has 0 N–H and O–H groups in total. The molecule has 1 unspecified atom stereocenters. The summed E-state index contributed by atoms with van der Waals surface area (Å²) in [5, 5.41) is 10.3. The molecule has 0 spiro atoms. The van der Waals surface area contributed by atoms with E-state index in [0.29, 0.717) is 48.2 Å². The Morgan fingerprint density at radius 2 is 1.58 bits per heavy atom. The first-order chi connectivity index (χ1) is 22.3. The summed E-state index contributed by atoms with van der Waals surface area (Å²) in [6.07, 6.45) is -6.48. The second kappa shape index (κ2) is 13.4. The van der Waals surface area contributed by atoms with Gasteiger partial charge in [0.1, 0.15) is 11.9 Å². The molecule has 13 heteroatoms. The lowest BCUT2D eigenvalue weighted by Crippen LogP contribution is -2.42. The van der Waals surface area contributed by atoms with Crippen molar-refractivity contribution < 1.29 is 45.1 Å². The third-order valence-corrected chi connectivity index (χ3v) is 8.59. The van der Waals surface area contributed by atoms with Crippen molar-refractivity contribution >= 4 is 23.1 Å². The number of amides is 1. The van der Waals surface area contributed by atoms with Crippen LogP contribution in [-0.2, 0) is 32.1 Å². The number of esters is 1. The molecule has 2 aromatic carbocycles. The lowest BCUT2D eigenvalue weighted by atomic mass is 9.81. The smallest absolute Gasteiger partial charge is 0.416 e. The van der Waals surface area contributed by atoms with Crippen LogP contribution in [0.15, 0.2) is 48.5 Å². The van der Waals surface area contributed by atoms with Crippen LogP contribution in [0.3, 0.4) is 0 Å². The summed E-state index contributed by atoms with van der Waals surface area (Å²) in [7, 11) is 2.56. The molecule has 1 atom stereocenters. The van der Waals surface area contributed by atoms with Crippen LogP contribution in [0.1, 0.15) is 73.2 Å². The molecule has 1 amide bonds. The predicted octanol–water partition coefficient (Wildman–Crippen LogP) is 8.79. The van der Waals surface area contributed by atoms with E-state index in [9.17, 15) is 45.6 Å². The molecule has 0 saturated carbocycles. The van der Waals surface area contributed by atoms with Crippen LogP contribution in [-0.4, -0.2) is 31.0 Å². The standard InChI is InChI=1S/C35H32F7N3O3/c1-19-12-25(36)10-11-26(19)27-17-28(21-8-6-20(7-9-21)13-30(46)48-5)44-29(18-43)31(27)45(4)32(47)33(2,3)22-14-23(34(37,38)39)16-24(15-22)35(40,41)42/h8,10-12,14-17,20H,6-7,9,13H2,1-5H3. The molecule has 1 aliphatic carbocycles. The van der Waals surface area contributed by atoms with Crippen molar-refractivity contribution in [2.75, 3.05) is 19.1 Å². The summed E-state index contributed by atoms with van der Waals surface area (Å²) in [6, 6.07) is 8.46. The molecule has 4 rings (SSSR count). The Hall–Kier alpha value is -4.73. The molecule has 1 heterocycles. The van der Waals surface area contributed by atoms with Crippen LogP contribution < -0.4 is 4.90 Å². The monoisotopic (exact) mass is 675 g/mol.